The molecule has 5 aromatic rings. The Morgan fingerprint density at radius 2 is 1.90 bits per heavy atom. The fourth-order valence-electron chi connectivity index (χ4n) is 8.45. The van der Waals surface area contributed by atoms with Crippen molar-refractivity contribution in [3.8, 4) is 5.75 Å². The molecule has 3 aliphatic rings. The van der Waals surface area contributed by atoms with Crippen molar-refractivity contribution in [2.24, 2.45) is 0 Å². The summed E-state index contributed by atoms with van der Waals surface area (Å²) < 4.78 is 32.3. The minimum Gasteiger partial charge on any atom is -0.496 e. The van der Waals surface area contributed by atoms with E-state index in [9.17, 15) is 14.0 Å². The van der Waals surface area contributed by atoms with E-state index in [1.54, 1.807) is 48.6 Å². The molecule has 1 saturated heterocycles. The predicted octanol–water partition coefficient (Wildman–Crippen LogP) is 8.61. The zero-order valence-corrected chi connectivity index (χ0v) is 34.2. The molecule has 5 heterocycles. The molecule has 2 aliphatic heterocycles. The summed E-state index contributed by atoms with van der Waals surface area (Å²) in [5.74, 6) is 0.660. The molecule has 58 heavy (non-hydrogen) atoms. The Labute approximate surface area is 340 Å². The van der Waals surface area contributed by atoms with Crippen LogP contribution in [0, 0.1) is 5.82 Å². The Bertz CT molecular complexity index is 2380. The largest absolute Gasteiger partial charge is 0.496 e. The summed E-state index contributed by atoms with van der Waals surface area (Å²) in [5.41, 5.74) is 5.15. The van der Waals surface area contributed by atoms with E-state index in [4.69, 9.17) is 19.2 Å². The fraction of sp³-hybridized carbons (Fsp3) is 0.386. The molecule has 3 atom stereocenters. The number of nitrogens with one attached hydrogen (secondary N) is 3. The van der Waals surface area contributed by atoms with Crippen molar-refractivity contribution >= 4 is 44.9 Å². The minimum absolute atomic E-state index is 0.0399. The molecule has 0 radical (unpaired) electrons. The number of nitrogens with zero attached hydrogens (tertiary/aromatic N) is 4. The van der Waals surface area contributed by atoms with Crippen LogP contribution in [0.3, 0.4) is 0 Å². The first-order chi connectivity index (χ1) is 28.0. The monoisotopic (exact) mass is 805 g/mol. The first-order valence-electron chi connectivity index (χ1n) is 19.8. The summed E-state index contributed by atoms with van der Waals surface area (Å²) in [6.45, 7) is 7.93. The van der Waals surface area contributed by atoms with Crippen LogP contribution >= 0.6 is 11.3 Å². The second-order valence-electron chi connectivity index (χ2n) is 15.8. The van der Waals surface area contributed by atoms with Crippen molar-refractivity contribution in [3.05, 3.63) is 117 Å². The number of anilines is 1. The smallest absolute Gasteiger partial charge is 0.410 e. The van der Waals surface area contributed by atoms with Crippen LogP contribution in [0.2, 0.25) is 0 Å². The van der Waals surface area contributed by atoms with E-state index >= 15 is 0 Å². The maximum atomic E-state index is 14.6. The molecule has 14 heteroatoms. The van der Waals surface area contributed by atoms with Gasteiger partial charge in [0, 0.05) is 34.6 Å². The number of aryl methyl sites for hydroxylation is 1. The van der Waals surface area contributed by atoms with Gasteiger partial charge in [-0.25, -0.2) is 23.9 Å². The number of ether oxygens (including phenoxy) is 3. The van der Waals surface area contributed by atoms with Crippen LogP contribution in [-0.2, 0) is 27.1 Å². The van der Waals surface area contributed by atoms with Gasteiger partial charge in [-0.2, -0.15) is 5.10 Å². The lowest BCUT2D eigenvalue weighted by Crippen LogP contribution is -2.45. The highest BCUT2D eigenvalue weighted by molar-refractivity contribution is 7.19. The topological polar surface area (TPSA) is 144 Å². The lowest BCUT2D eigenvalue weighted by atomic mass is 9.80. The van der Waals surface area contributed by atoms with Gasteiger partial charge in [-0.15, -0.1) is 11.3 Å². The SMILES string of the molecule is CCOC(=O)C1=C([C@@H]2CCCN2C(=O)OC(C)(C)C)NC(CCc2ccc(F)cc2)=C(c2ncn[nH]2)C1c1cc2ccnc(N[C@@H]3CCc4c(OC)cccc43)c2s1. The molecule has 302 valence electrons. The summed E-state index contributed by atoms with van der Waals surface area (Å²) in [7, 11) is 1.70. The lowest BCUT2D eigenvalue weighted by Gasteiger charge is -2.37. The van der Waals surface area contributed by atoms with Gasteiger partial charge in [-0.1, -0.05) is 24.3 Å². The Balaban J connectivity index is 1.28. The van der Waals surface area contributed by atoms with Crippen LogP contribution in [0.4, 0.5) is 15.0 Å². The van der Waals surface area contributed by atoms with Crippen LogP contribution in [0.5, 0.6) is 5.75 Å². The summed E-state index contributed by atoms with van der Waals surface area (Å²) >= 11 is 1.56. The zero-order valence-electron chi connectivity index (χ0n) is 33.4. The number of dihydropyridines is 1. The Morgan fingerprint density at radius 3 is 2.64 bits per heavy atom. The molecule has 1 amide bonds. The number of carbonyl (C=O) groups is 2. The highest BCUT2D eigenvalue weighted by Gasteiger charge is 2.44. The first-order valence-corrected chi connectivity index (χ1v) is 20.7. The third-order valence-corrected chi connectivity index (χ3v) is 12.2. The number of rotatable bonds is 11. The molecular weight excluding hydrogens is 758 g/mol. The molecule has 1 aliphatic carbocycles. The van der Waals surface area contributed by atoms with E-state index in [0.717, 1.165) is 62.6 Å². The summed E-state index contributed by atoms with van der Waals surface area (Å²) in [5, 5.41) is 15.7. The number of methoxy groups -OCH3 is 1. The number of hydrogen-bond donors (Lipinski definition) is 3. The van der Waals surface area contributed by atoms with Gasteiger partial charge < -0.3 is 24.8 Å². The van der Waals surface area contributed by atoms with E-state index in [1.165, 1.54) is 29.6 Å². The van der Waals surface area contributed by atoms with Gasteiger partial charge in [-0.3, -0.25) is 10.00 Å². The van der Waals surface area contributed by atoms with Gasteiger partial charge in [0.2, 0.25) is 0 Å². The second-order valence-corrected chi connectivity index (χ2v) is 16.9. The standard InChI is InChI=1S/C44H48FN7O5S/c1-6-56-42(53)37-36(34-23-26-20-21-46-41(39(26)58-34)50-30-19-17-29-28(30)9-7-11-33(29)55-5)35(40-47-24-48-51-40)31(18-14-25-12-15-27(45)16-13-25)49-38(37)32-10-8-22-52(32)43(54)57-44(2,3)4/h7,9,11-13,15-16,20-21,23-24,30,32,36,49H,6,8,10,14,17-19,22H2,1-5H3,(H,46,50)(H,47,48,51)/t30-,32+,36?/m1/s1. The van der Waals surface area contributed by atoms with Crippen LogP contribution < -0.4 is 15.4 Å². The predicted molar refractivity (Wildman–Crippen MR) is 221 cm³/mol. The van der Waals surface area contributed by atoms with Gasteiger partial charge in [0.05, 0.1) is 42.0 Å². The number of thiophene rings is 1. The van der Waals surface area contributed by atoms with Gasteiger partial charge >= 0.3 is 12.1 Å². The molecule has 0 spiro atoms. The van der Waals surface area contributed by atoms with Crippen molar-refractivity contribution in [1.82, 2.24) is 30.4 Å². The fourth-order valence-corrected chi connectivity index (χ4v) is 9.68. The number of aromatic nitrogens is 4. The number of hydrogen-bond acceptors (Lipinski definition) is 11. The Hall–Kier alpha value is -5.76. The third kappa shape index (κ3) is 7.77. The normalized spacial score (nSPS) is 19.3. The van der Waals surface area contributed by atoms with Gasteiger partial charge in [0.25, 0.3) is 0 Å². The Morgan fingerprint density at radius 1 is 1.07 bits per heavy atom. The highest BCUT2D eigenvalue weighted by atomic mass is 32.1. The number of fused-ring (bicyclic) bond motifs is 2. The number of esters is 1. The molecule has 0 bridgehead atoms. The van der Waals surface area contributed by atoms with Crippen molar-refractivity contribution < 1.29 is 28.2 Å². The van der Waals surface area contributed by atoms with Crippen LogP contribution in [0.25, 0.3) is 15.7 Å². The van der Waals surface area contributed by atoms with Crippen LogP contribution in [0.1, 0.15) is 92.7 Å². The van der Waals surface area contributed by atoms with E-state index in [0.29, 0.717) is 42.9 Å². The van der Waals surface area contributed by atoms with Crippen molar-refractivity contribution in [3.63, 3.8) is 0 Å². The van der Waals surface area contributed by atoms with E-state index in [1.807, 2.05) is 39.0 Å². The highest BCUT2D eigenvalue weighted by Crippen LogP contribution is 2.50. The van der Waals surface area contributed by atoms with Crippen molar-refractivity contribution in [1.29, 1.82) is 0 Å². The van der Waals surface area contributed by atoms with E-state index in [2.05, 4.69) is 37.9 Å². The van der Waals surface area contributed by atoms with Crippen molar-refractivity contribution in [2.45, 2.75) is 89.8 Å². The van der Waals surface area contributed by atoms with Gasteiger partial charge in [-0.05, 0) is 119 Å². The number of carbonyl (C=O) groups excluding carboxylic acids is 2. The summed E-state index contributed by atoms with van der Waals surface area (Å²) in [4.78, 5) is 40.5. The average molecular weight is 806 g/mol. The molecule has 2 aromatic carbocycles. The first kappa shape index (κ1) is 39.1. The average Bonchev–Trinajstić information content (AvgIpc) is 4.04. The number of likely N-dealkylation sites (tertiary alicyclic amines) is 1. The quantitative estimate of drug-likeness (QED) is 0.111. The molecule has 1 fully saturated rings. The van der Waals surface area contributed by atoms with Gasteiger partial charge in [0.15, 0.2) is 5.82 Å². The molecule has 3 aromatic heterocycles. The number of amides is 1. The third-order valence-electron chi connectivity index (χ3n) is 10.9. The van der Waals surface area contributed by atoms with Crippen LogP contribution in [0.15, 0.2) is 84.1 Å². The van der Waals surface area contributed by atoms with Crippen LogP contribution in [-0.4, -0.2) is 69.0 Å². The molecule has 8 rings (SSSR count). The summed E-state index contributed by atoms with van der Waals surface area (Å²) in [6, 6.07) is 16.3. The second kappa shape index (κ2) is 16.2. The van der Waals surface area contributed by atoms with Gasteiger partial charge in [0.1, 0.15) is 29.3 Å². The number of aromatic amines is 1. The van der Waals surface area contributed by atoms with Crippen molar-refractivity contribution in [2.75, 3.05) is 25.6 Å². The Kier molecular flexibility index (Phi) is 10.9. The maximum absolute atomic E-state index is 14.6. The zero-order chi connectivity index (χ0) is 40.6. The molecule has 1 unspecified atom stereocenters. The number of pyridine rings is 1. The molecule has 12 nitrogen and oxygen atoms in total. The van der Waals surface area contributed by atoms with E-state index in [-0.39, 0.29) is 18.5 Å². The number of halogens is 1. The number of benzene rings is 2. The minimum atomic E-state index is -0.714. The number of allylic oxidation sites excluding steroid dienone is 2. The number of H-pyrrole nitrogens is 1. The van der Waals surface area contributed by atoms with E-state index < -0.39 is 29.6 Å². The maximum Gasteiger partial charge on any atom is 0.410 e. The molecular formula is C44H48FN7O5S. The molecule has 3 N–H and O–H groups in total. The lowest BCUT2D eigenvalue weighted by molar-refractivity contribution is -0.138. The molecule has 0 saturated carbocycles. The summed E-state index contributed by atoms with van der Waals surface area (Å²) in [6.07, 6.45) is 6.97.